The quantitative estimate of drug-likeness (QED) is 0.0892. The smallest absolute Gasteiger partial charge is 0.268 e. The van der Waals surface area contributed by atoms with Crippen LogP contribution in [0.5, 0.6) is 0 Å². The number of aryl methyl sites for hydroxylation is 1. The predicted octanol–water partition coefficient (Wildman–Crippen LogP) is 7.24. The molecule has 5 aromatic rings. The van der Waals surface area contributed by atoms with Gasteiger partial charge in [-0.3, -0.25) is 24.1 Å². The van der Waals surface area contributed by atoms with Gasteiger partial charge in [-0.15, -0.1) is 5.10 Å². The average Bonchev–Trinajstić information content (AvgIpc) is 3.79. The summed E-state index contributed by atoms with van der Waals surface area (Å²) in [5.41, 5.74) is 2.75. The fraction of sp³-hybridized carbons (Fsp3) is 0.282. The number of hydrogen-bond donors (Lipinski definition) is 1. The number of fused-ring (bicyclic) bond motifs is 2. The largest absolute Gasteiger partial charge is 0.395 e. The summed E-state index contributed by atoms with van der Waals surface area (Å²) in [4.78, 5) is 30.6. The first-order valence-corrected chi connectivity index (χ1v) is 19.9. The van der Waals surface area contributed by atoms with Gasteiger partial charge in [0.2, 0.25) is 14.8 Å². The number of aliphatic hydroxyl groups is 1. The standard InChI is InChI=1S/C39H40FN5O4Si/c1-27-37(50(2,3)40)36(21-22-43-24-34(41-42-43)32(25-46)28-13-7-4-8-14-28)49-39(27)33-23-31(44(26-47)29-15-9-5-10-16-29)19-20-35(33)45(38(39)48)30-17-11-6-12-18-30/h4-20,23-24,26-27,32,36-37,46H,21-22,25H2,1-3H3/t27-,32?,36+,37-,39+/m1/s1. The maximum absolute atomic E-state index is 16.5. The number of amides is 2. The summed E-state index contributed by atoms with van der Waals surface area (Å²) < 4.78 is 25.2. The summed E-state index contributed by atoms with van der Waals surface area (Å²) in [5.74, 6) is -1.12. The highest BCUT2D eigenvalue weighted by molar-refractivity contribution is 6.72. The van der Waals surface area contributed by atoms with Crippen molar-refractivity contribution < 1.29 is 23.5 Å². The van der Waals surface area contributed by atoms with Gasteiger partial charge in [-0.1, -0.05) is 78.9 Å². The van der Waals surface area contributed by atoms with Crippen LogP contribution in [0, 0.1) is 5.92 Å². The Kier molecular flexibility index (Phi) is 8.98. The summed E-state index contributed by atoms with van der Waals surface area (Å²) in [6.45, 7) is 5.54. The van der Waals surface area contributed by atoms with Crippen LogP contribution in [-0.2, 0) is 26.5 Å². The van der Waals surface area contributed by atoms with E-state index in [2.05, 4.69) is 10.3 Å². The lowest BCUT2D eigenvalue weighted by Gasteiger charge is -2.31. The highest BCUT2D eigenvalue weighted by atomic mass is 28.4. The molecule has 0 aliphatic carbocycles. The highest BCUT2D eigenvalue weighted by Gasteiger charge is 2.67. The van der Waals surface area contributed by atoms with E-state index in [0.717, 1.165) is 12.0 Å². The molecular formula is C39H40FN5O4Si. The topological polar surface area (TPSA) is 101 Å². The molecule has 2 aliphatic rings. The lowest BCUT2D eigenvalue weighted by atomic mass is 9.82. The second kappa shape index (κ2) is 13.4. The average molecular weight is 690 g/mol. The number of aliphatic hydroxyl groups excluding tert-OH is 1. The predicted molar refractivity (Wildman–Crippen MR) is 193 cm³/mol. The zero-order valence-corrected chi connectivity index (χ0v) is 29.3. The lowest BCUT2D eigenvalue weighted by molar-refractivity contribution is -0.145. The molecule has 3 heterocycles. The second-order valence-electron chi connectivity index (χ2n) is 13.6. The molecule has 2 aliphatic heterocycles. The van der Waals surface area contributed by atoms with Crippen molar-refractivity contribution in [1.82, 2.24) is 15.0 Å². The molecule has 1 fully saturated rings. The van der Waals surface area contributed by atoms with Crippen LogP contribution < -0.4 is 9.80 Å². The van der Waals surface area contributed by atoms with Crippen molar-refractivity contribution in [2.24, 2.45) is 5.92 Å². The molecule has 1 N–H and O–H groups in total. The monoisotopic (exact) mass is 689 g/mol. The fourth-order valence-electron chi connectivity index (χ4n) is 7.97. The third kappa shape index (κ3) is 5.74. The van der Waals surface area contributed by atoms with E-state index in [4.69, 9.17) is 4.74 Å². The van der Waals surface area contributed by atoms with Crippen molar-refractivity contribution >= 4 is 43.5 Å². The number of benzene rings is 4. The van der Waals surface area contributed by atoms with Gasteiger partial charge in [-0.25, -0.2) is 0 Å². The van der Waals surface area contributed by atoms with E-state index >= 15 is 4.11 Å². The van der Waals surface area contributed by atoms with E-state index in [1.54, 1.807) is 22.7 Å². The Morgan fingerprint density at radius 2 is 1.64 bits per heavy atom. The second-order valence-corrected chi connectivity index (χ2v) is 17.4. The molecule has 50 heavy (non-hydrogen) atoms. The molecule has 11 heteroatoms. The van der Waals surface area contributed by atoms with Gasteiger partial charge in [0.15, 0.2) is 5.60 Å². The van der Waals surface area contributed by atoms with Crippen LogP contribution in [0.2, 0.25) is 18.6 Å². The Labute approximate surface area is 292 Å². The van der Waals surface area contributed by atoms with E-state index in [1.165, 1.54) is 4.90 Å². The van der Waals surface area contributed by atoms with Crippen LogP contribution in [-0.4, -0.2) is 53.5 Å². The summed E-state index contributed by atoms with van der Waals surface area (Å²) >= 11 is 0. The number of para-hydroxylation sites is 2. The highest BCUT2D eigenvalue weighted by Crippen LogP contribution is 2.61. The van der Waals surface area contributed by atoms with Gasteiger partial charge >= 0.3 is 0 Å². The van der Waals surface area contributed by atoms with Gasteiger partial charge in [0, 0.05) is 46.8 Å². The Morgan fingerprint density at radius 3 is 2.28 bits per heavy atom. The molecule has 0 radical (unpaired) electrons. The molecule has 5 atom stereocenters. The SMILES string of the molecule is C[C@@H]1[C@@H]([Si](C)(C)F)[C@H](CCn2cc(C(CO)c3ccccc3)nn2)O[C@@]12C(=O)N(c1ccccc1)c1ccc(N(C=O)c3ccccc3)cc12. The minimum Gasteiger partial charge on any atom is -0.395 e. The molecule has 0 bridgehead atoms. The number of carbonyl (C=O) groups is 2. The number of nitrogens with zero attached hydrogens (tertiary/aromatic N) is 5. The van der Waals surface area contributed by atoms with Gasteiger partial charge in [0.1, 0.15) is 0 Å². The van der Waals surface area contributed by atoms with Crippen LogP contribution in [0.25, 0.3) is 0 Å². The van der Waals surface area contributed by atoms with Crippen LogP contribution in [0.4, 0.5) is 26.9 Å². The number of rotatable bonds is 11. The molecule has 9 nitrogen and oxygen atoms in total. The molecule has 1 spiro atoms. The van der Waals surface area contributed by atoms with Gasteiger partial charge in [0.05, 0.1) is 30.0 Å². The van der Waals surface area contributed by atoms with E-state index in [1.807, 2.05) is 122 Å². The maximum atomic E-state index is 16.5. The Bertz CT molecular complexity index is 1970. The molecule has 0 saturated carbocycles. The van der Waals surface area contributed by atoms with Crippen LogP contribution in [0.1, 0.15) is 36.1 Å². The van der Waals surface area contributed by atoms with Crippen molar-refractivity contribution in [2.75, 3.05) is 16.4 Å². The lowest BCUT2D eigenvalue weighted by Crippen LogP contribution is -2.44. The van der Waals surface area contributed by atoms with Crippen molar-refractivity contribution in [3.05, 3.63) is 132 Å². The number of carbonyl (C=O) groups excluding carboxylic acids is 2. The van der Waals surface area contributed by atoms with Crippen LogP contribution in [0.15, 0.2) is 115 Å². The normalized spacial score (nSPS) is 22.1. The van der Waals surface area contributed by atoms with E-state index in [0.29, 0.717) is 47.0 Å². The van der Waals surface area contributed by atoms with Gasteiger partial charge in [-0.2, -0.15) is 0 Å². The molecule has 7 rings (SSSR count). The molecule has 2 amide bonds. The number of hydrogen-bond acceptors (Lipinski definition) is 6. The van der Waals surface area contributed by atoms with Crippen LogP contribution in [0.3, 0.4) is 0 Å². The van der Waals surface area contributed by atoms with Crippen LogP contribution >= 0.6 is 0 Å². The first kappa shape index (κ1) is 33.5. The van der Waals surface area contributed by atoms with Crippen molar-refractivity contribution in [3.8, 4) is 0 Å². The van der Waals surface area contributed by atoms with Crippen molar-refractivity contribution in [2.45, 2.75) is 56.1 Å². The molecule has 1 unspecified atom stereocenters. The molecule has 256 valence electrons. The third-order valence-corrected chi connectivity index (χ3v) is 12.7. The van der Waals surface area contributed by atoms with Gasteiger partial charge in [0.25, 0.3) is 5.91 Å². The first-order chi connectivity index (χ1) is 24.2. The molecular weight excluding hydrogens is 650 g/mol. The number of ether oxygens (including phenoxy) is 1. The molecule has 1 saturated heterocycles. The molecule has 4 aromatic carbocycles. The maximum Gasteiger partial charge on any atom is 0.268 e. The summed E-state index contributed by atoms with van der Waals surface area (Å²) in [6.07, 6.45) is 2.36. The zero-order chi connectivity index (χ0) is 35.0. The van der Waals surface area contributed by atoms with E-state index in [9.17, 15) is 14.7 Å². The van der Waals surface area contributed by atoms with Crippen molar-refractivity contribution in [1.29, 1.82) is 0 Å². The van der Waals surface area contributed by atoms with Gasteiger partial charge in [-0.05, 0) is 67.5 Å². The third-order valence-electron chi connectivity index (χ3n) is 10.2. The number of halogens is 1. The Morgan fingerprint density at radius 1 is 0.980 bits per heavy atom. The summed E-state index contributed by atoms with van der Waals surface area (Å²) in [6, 6.07) is 33.8. The van der Waals surface area contributed by atoms with Crippen molar-refractivity contribution in [3.63, 3.8) is 0 Å². The fourth-order valence-corrected chi connectivity index (χ4v) is 10.5. The Hall–Kier alpha value is -4.97. The number of anilines is 4. The van der Waals surface area contributed by atoms with Gasteiger partial charge < -0.3 is 14.0 Å². The Balaban J connectivity index is 1.26. The summed E-state index contributed by atoms with van der Waals surface area (Å²) in [5, 5.41) is 18.9. The first-order valence-electron chi connectivity index (χ1n) is 16.9. The van der Waals surface area contributed by atoms with E-state index in [-0.39, 0.29) is 18.4 Å². The molecule has 1 aromatic heterocycles. The minimum absolute atomic E-state index is 0.120. The number of aromatic nitrogens is 3. The zero-order valence-electron chi connectivity index (χ0n) is 28.3. The minimum atomic E-state index is -3.43. The van der Waals surface area contributed by atoms with E-state index < -0.39 is 31.6 Å². The summed E-state index contributed by atoms with van der Waals surface area (Å²) in [7, 11) is -3.43.